The lowest BCUT2D eigenvalue weighted by Gasteiger charge is -2.31. The molecule has 0 aromatic heterocycles. The van der Waals surface area contributed by atoms with E-state index in [9.17, 15) is 5.11 Å². The predicted molar refractivity (Wildman–Crippen MR) is 76.4 cm³/mol. The predicted octanol–water partition coefficient (Wildman–Crippen LogP) is 2.89. The Morgan fingerprint density at radius 1 is 1.16 bits per heavy atom. The third-order valence-electron chi connectivity index (χ3n) is 4.24. The summed E-state index contributed by atoms with van der Waals surface area (Å²) in [6.07, 6.45) is 5.60. The maximum atomic E-state index is 10.2. The minimum atomic E-state index is -0.312. The van der Waals surface area contributed by atoms with Crippen molar-refractivity contribution < 1.29 is 9.84 Å². The molecule has 2 atom stereocenters. The van der Waals surface area contributed by atoms with Gasteiger partial charge in [0.25, 0.3) is 0 Å². The van der Waals surface area contributed by atoms with Crippen LogP contribution in [0.1, 0.15) is 43.8 Å². The molecule has 0 spiro atoms. The summed E-state index contributed by atoms with van der Waals surface area (Å²) in [4.78, 5) is 2.40. The lowest BCUT2D eigenvalue weighted by atomic mass is 10.0. The number of nitrogens with zero attached hydrogens (tertiary/aromatic N) is 1. The number of hydrogen-bond donors (Lipinski definition) is 1. The van der Waals surface area contributed by atoms with E-state index >= 15 is 0 Å². The van der Waals surface area contributed by atoms with Crippen LogP contribution in [0.3, 0.4) is 0 Å². The zero-order valence-electron chi connectivity index (χ0n) is 11.4. The van der Waals surface area contributed by atoms with Crippen molar-refractivity contribution in [2.45, 2.75) is 44.3 Å². The third kappa shape index (κ3) is 2.93. The monoisotopic (exact) mass is 261 g/mol. The van der Waals surface area contributed by atoms with Crippen LogP contribution in [0.4, 0.5) is 5.69 Å². The Bertz CT molecular complexity index is 415. The van der Waals surface area contributed by atoms with Crippen molar-refractivity contribution in [3.8, 4) is 0 Å². The van der Waals surface area contributed by atoms with Crippen LogP contribution < -0.4 is 4.90 Å². The maximum Gasteiger partial charge on any atom is 0.0810 e. The van der Waals surface area contributed by atoms with Gasteiger partial charge in [-0.3, -0.25) is 0 Å². The van der Waals surface area contributed by atoms with Gasteiger partial charge in [-0.2, -0.15) is 0 Å². The van der Waals surface area contributed by atoms with Gasteiger partial charge >= 0.3 is 0 Å². The highest BCUT2D eigenvalue weighted by Crippen LogP contribution is 2.33. The number of hydrogen-bond acceptors (Lipinski definition) is 3. The van der Waals surface area contributed by atoms with Crippen LogP contribution in [0, 0.1) is 0 Å². The van der Waals surface area contributed by atoms with E-state index in [1.54, 1.807) is 0 Å². The van der Waals surface area contributed by atoms with Crippen molar-refractivity contribution in [2.24, 2.45) is 0 Å². The van der Waals surface area contributed by atoms with Crippen molar-refractivity contribution in [3.63, 3.8) is 0 Å². The molecule has 2 aliphatic rings. The minimum absolute atomic E-state index is 0.312. The van der Waals surface area contributed by atoms with E-state index < -0.39 is 0 Å². The molecule has 1 saturated heterocycles. The van der Waals surface area contributed by atoms with E-state index in [4.69, 9.17) is 4.74 Å². The quantitative estimate of drug-likeness (QED) is 0.888. The second kappa shape index (κ2) is 5.93. The molecule has 1 aromatic carbocycles. The van der Waals surface area contributed by atoms with E-state index in [1.165, 1.54) is 24.9 Å². The SMILES string of the molecule is OC1CCCN(CC2CCCCO2)c2ccccc21. The summed E-state index contributed by atoms with van der Waals surface area (Å²) in [7, 11) is 0. The van der Waals surface area contributed by atoms with Crippen LogP contribution in [0.15, 0.2) is 24.3 Å². The first-order valence-corrected chi connectivity index (χ1v) is 7.48. The van der Waals surface area contributed by atoms with Crippen LogP contribution in [-0.4, -0.2) is 30.9 Å². The second-order valence-corrected chi connectivity index (χ2v) is 5.65. The molecule has 1 aromatic rings. The van der Waals surface area contributed by atoms with Crippen molar-refractivity contribution in [3.05, 3.63) is 29.8 Å². The molecule has 0 amide bonds. The largest absolute Gasteiger partial charge is 0.388 e. The zero-order chi connectivity index (χ0) is 13.1. The lowest BCUT2D eigenvalue weighted by molar-refractivity contribution is 0.0210. The van der Waals surface area contributed by atoms with Gasteiger partial charge in [-0.25, -0.2) is 0 Å². The number of anilines is 1. The number of para-hydroxylation sites is 1. The molecule has 0 saturated carbocycles. The fourth-order valence-corrected chi connectivity index (χ4v) is 3.20. The fraction of sp³-hybridized carbons (Fsp3) is 0.625. The van der Waals surface area contributed by atoms with Crippen molar-refractivity contribution in [1.82, 2.24) is 0 Å². The van der Waals surface area contributed by atoms with Gasteiger partial charge in [0.1, 0.15) is 0 Å². The molecule has 104 valence electrons. The maximum absolute atomic E-state index is 10.2. The Labute approximate surface area is 115 Å². The fourth-order valence-electron chi connectivity index (χ4n) is 3.20. The smallest absolute Gasteiger partial charge is 0.0810 e. The second-order valence-electron chi connectivity index (χ2n) is 5.65. The first-order chi connectivity index (χ1) is 9.34. The molecule has 2 unspecified atom stereocenters. The number of fused-ring (bicyclic) bond motifs is 1. The van der Waals surface area contributed by atoms with Crippen molar-refractivity contribution in [2.75, 3.05) is 24.6 Å². The Balaban J connectivity index is 1.78. The highest BCUT2D eigenvalue weighted by Gasteiger charge is 2.24. The van der Waals surface area contributed by atoms with Crippen molar-refractivity contribution >= 4 is 5.69 Å². The van der Waals surface area contributed by atoms with Crippen LogP contribution >= 0.6 is 0 Å². The zero-order valence-corrected chi connectivity index (χ0v) is 11.4. The molecule has 3 rings (SSSR count). The van der Waals surface area contributed by atoms with Gasteiger partial charge in [-0.1, -0.05) is 18.2 Å². The van der Waals surface area contributed by atoms with E-state index in [1.807, 2.05) is 6.07 Å². The third-order valence-corrected chi connectivity index (χ3v) is 4.24. The summed E-state index contributed by atoms with van der Waals surface area (Å²) in [5.74, 6) is 0. The number of ether oxygens (including phenoxy) is 1. The highest BCUT2D eigenvalue weighted by molar-refractivity contribution is 5.55. The number of rotatable bonds is 2. The van der Waals surface area contributed by atoms with E-state index in [0.29, 0.717) is 6.10 Å². The van der Waals surface area contributed by atoms with E-state index in [2.05, 4.69) is 23.1 Å². The summed E-state index contributed by atoms with van der Waals surface area (Å²) in [5, 5.41) is 10.2. The highest BCUT2D eigenvalue weighted by atomic mass is 16.5. The molecule has 19 heavy (non-hydrogen) atoms. The van der Waals surface area contributed by atoms with Crippen LogP contribution in [0.2, 0.25) is 0 Å². The van der Waals surface area contributed by atoms with E-state index in [0.717, 1.165) is 38.1 Å². The molecular formula is C16H23NO2. The van der Waals surface area contributed by atoms with Crippen LogP contribution in [-0.2, 0) is 4.74 Å². The molecule has 1 fully saturated rings. The first kappa shape index (κ1) is 12.9. The van der Waals surface area contributed by atoms with Gasteiger partial charge in [0, 0.05) is 30.9 Å². The van der Waals surface area contributed by atoms with Gasteiger partial charge in [0.05, 0.1) is 12.2 Å². The van der Waals surface area contributed by atoms with Gasteiger partial charge in [0.2, 0.25) is 0 Å². The standard InChI is InChI=1S/C16H23NO2/c18-16-9-5-10-17(12-13-6-3-4-11-19-13)15-8-2-1-7-14(15)16/h1-2,7-8,13,16,18H,3-6,9-12H2. The van der Waals surface area contributed by atoms with Crippen molar-refractivity contribution in [1.29, 1.82) is 0 Å². The number of aliphatic hydroxyl groups excluding tert-OH is 1. The summed E-state index contributed by atoms with van der Waals surface area (Å²) < 4.78 is 5.86. The molecule has 3 nitrogen and oxygen atoms in total. The van der Waals surface area contributed by atoms with Gasteiger partial charge < -0.3 is 14.7 Å². The molecule has 0 aliphatic carbocycles. The average molecular weight is 261 g/mol. The van der Waals surface area contributed by atoms with Gasteiger partial charge in [0.15, 0.2) is 0 Å². The molecule has 3 heteroatoms. The van der Waals surface area contributed by atoms with Gasteiger partial charge in [-0.05, 0) is 38.2 Å². The number of benzene rings is 1. The molecule has 0 radical (unpaired) electrons. The first-order valence-electron chi connectivity index (χ1n) is 7.48. The minimum Gasteiger partial charge on any atom is -0.388 e. The van der Waals surface area contributed by atoms with Gasteiger partial charge in [-0.15, -0.1) is 0 Å². The molecule has 0 bridgehead atoms. The Morgan fingerprint density at radius 3 is 2.89 bits per heavy atom. The summed E-state index contributed by atoms with van der Waals surface area (Å²) in [6, 6.07) is 8.26. The normalized spacial score (nSPS) is 27.7. The molecular weight excluding hydrogens is 238 g/mol. The Hall–Kier alpha value is -1.06. The van der Waals surface area contributed by atoms with Crippen LogP contribution in [0.5, 0.6) is 0 Å². The topological polar surface area (TPSA) is 32.7 Å². The molecule has 2 heterocycles. The van der Waals surface area contributed by atoms with E-state index in [-0.39, 0.29) is 6.10 Å². The Kier molecular flexibility index (Phi) is 4.04. The molecule has 2 aliphatic heterocycles. The average Bonchev–Trinajstić information content (AvgIpc) is 2.61. The Morgan fingerprint density at radius 2 is 2.05 bits per heavy atom. The summed E-state index contributed by atoms with van der Waals surface area (Å²) in [6.45, 7) is 2.89. The summed E-state index contributed by atoms with van der Waals surface area (Å²) in [5.41, 5.74) is 2.28. The molecule has 1 N–H and O–H groups in total. The summed E-state index contributed by atoms with van der Waals surface area (Å²) >= 11 is 0. The lowest BCUT2D eigenvalue weighted by Crippen LogP contribution is -2.36. The van der Waals surface area contributed by atoms with Crippen LogP contribution in [0.25, 0.3) is 0 Å². The number of aliphatic hydroxyl groups is 1.